The second kappa shape index (κ2) is 4.47. The van der Waals surface area contributed by atoms with E-state index in [1.54, 1.807) is 0 Å². The van der Waals surface area contributed by atoms with Crippen LogP contribution in [0.3, 0.4) is 0 Å². The average molecular weight is 243 g/mol. The van der Waals surface area contributed by atoms with E-state index in [1.807, 2.05) is 37.4 Å². The minimum atomic E-state index is -0.379. The smallest absolute Gasteiger partial charge is 0.410 e. The molecular weight excluding hydrogens is 222 g/mol. The van der Waals surface area contributed by atoms with Gasteiger partial charge in [-0.25, -0.2) is 4.79 Å². The predicted molar refractivity (Wildman–Crippen MR) is 66.8 cm³/mol. The summed E-state index contributed by atoms with van der Waals surface area (Å²) < 4.78 is 5.46. The minimum Gasteiger partial charge on any atom is -0.444 e. The van der Waals surface area contributed by atoms with E-state index in [4.69, 9.17) is 4.74 Å². The summed E-state index contributed by atoms with van der Waals surface area (Å²) in [6, 6.07) is 0.425. The summed E-state index contributed by atoms with van der Waals surface area (Å²) in [6.45, 7) is 6.63. The van der Waals surface area contributed by atoms with Crippen molar-refractivity contribution in [2.75, 3.05) is 18.1 Å². The molecule has 0 aromatic rings. The molecule has 1 saturated heterocycles. The van der Waals surface area contributed by atoms with Crippen molar-refractivity contribution in [3.63, 3.8) is 0 Å². The number of carbonyl (C=O) groups excluding carboxylic acids is 1. The standard InChI is InChI=1S/C12H21NO2S/c1-12(2,3)15-11(14)13-6-7-16-8-10(13)9-4-5-9/h9-10H,4-8H2,1-3H3/t10-/m0/s1. The molecule has 1 aliphatic carbocycles. The van der Waals surface area contributed by atoms with E-state index in [2.05, 4.69) is 0 Å². The maximum Gasteiger partial charge on any atom is 0.410 e. The summed E-state index contributed by atoms with van der Waals surface area (Å²) in [6.07, 6.45) is 2.44. The molecule has 1 aliphatic heterocycles. The lowest BCUT2D eigenvalue weighted by Gasteiger charge is -2.36. The van der Waals surface area contributed by atoms with Crippen LogP contribution < -0.4 is 0 Å². The molecule has 2 aliphatic rings. The van der Waals surface area contributed by atoms with Gasteiger partial charge in [0, 0.05) is 24.1 Å². The summed E-state index contributed by atoms with van der Waals surface area (Å²) >= 11 is 1.96. The number of hydrogen-bond donors (Lipinski definition) is 0. The van der Waals surface area contributed by atoms with Gasteiger partial charge in [0.25, 0.3) is 0 Å². The fraction of sp³-hybridized carbons (Fsp3) is 0.917. The van der Waals surface area contributed by atoms with Crippen molar-refractivity contribution in [3.8, 4) is 0 Å². The first kappa shape index (κ1) is 12.1. The highest BCUT2D eigenvalue weighted by atomic mass is 32.2. The molecule has 92 valence electrons. The first-order valence-corrected chi connectivity index (χ1v) is 7.20. The van der Waals surface area contributed by atoms with Crippen molar-refractivity contribution in [1.29, 1.82) is 0 Å². The Morgan fingerprint density at radius 1 is 1.38 bits per heavy atom. The van der Waals surface area contributed by atoms with Crippen LogP contribution in [0, 0.1) is 5.92 Å². The lowest BCUT2D eigenvalue weighted by molar-refractivity contribution is 0.0168. The number of amides is 1. The van der Waals surface area contributed by atoms with Gasteiger partial charge in [0.05, 0.1) is 0 Å². The molecule has 0 unspecified atom stereocenters. The summed E-state index contributed by atoms with van der Waals surface area (Å²) in [5.41, 5.74) is -0.379. The van der Waals surface area contributed by atoms with E-state index in [9.17, 15) is 4.79 Å². The lowest BCUT2D eigenvalue weighted by atomic mass is 10.2. The van der Waals surface area contributed by atoms with Crippen LogP contribution in [0.25, 0.3) is 0 Å². The Bertz CT molecular complexity index is 271. The zero-order chi connectivity index (χ0) is 11.8. The quantitative estimate of drug-likeness (QED) is 0.709. The molecule has 3 nitrogen and oxygen atoms in total. The van der Waals surface area contributed by atoms with Gasteiger partial charge in [0.1, 0.15) is 5.60 Å². The molecule has 1 saturated carbocycles. The molecule has 2 fully saturated rings. The van der Waals surface area contributed by atoms with Crippen LogP contribution in [0.1, 0.15) is 33.6 Å². The summed E-state index contributed by atoms with van der Waals surface area (Å²) in [5.74, 6) is 2.87. The minimum absolute atomic E-state index is 0.121. The van der Waals surface area contributed by atoms with Crippen LogP contribution in [0.4, 0.5) is 4.79 Å². The molecule has 0 aromatic carbocycles. The van der Waals surface area contributed by atoms with Crippen LogP contribution in [0.5, 0.6) is 0 Å². The zero-order valence-electron chi connectivity index (χ0n) is 10.4. The molecule has 1 atom stereocenters. The van der Waals surface area contributed by atoms with Gasteiger partial charge in [0.2, 0.25) is 0 Å². The Kier molecular flexibility index (Phi) is 3.38. The highest BCUT2D eigenvalue weighted by molar-refractivity contribution is 7.99. The van der Waals surface area contributed by atoms with Gasteiger partial charge < -0.3 is 9.64 Å². The third-order valence-corrected chi connectivity index (χ3v) is 4.01. The number of ether oxygens (including phenoxy) is 1. The van der Waals surface area contributed by atoms with E-state index >= 15 is 0 Å². The first-order valence-electron chi connectivity index (χ1n) is 6.05. The van der Waals surface area contributed by atoms with Crippen molar-refractivity contribution < 1.29 is 9.53 Å². The largest absolute Gasteiger partial charge is 0.444 e. The molecule has 0 N–H and O–H groups in total. The van der Waals surface area contributed by atoms with Crippen LogP contribution in [0.2, 0.25) is 0 Å². The Morgan fingerprint density at radius 2 is 2.06 bits per heavy atom. The molecule has 1 amide bonds. The third kappa shape index (κ3) is 3.06. The second-order valence-electron chi connectivity index (χ2n) is 5.65. The molecule has 4 heteroatoms. The van der Waals surface area contributed by atoms with Gasteiger partial charge in [0.15, 0.2) is 0 Å². The Morgan fingerprint density at radius 3 is 2.62 bits per heavy atom. The van der Waals surface area contributed by atoms with Crippen molar-refractivity contribution >= 4 is 17.9 Å². The number of carbonyl (C=O) groups is 1. The average Bonchev–Trinajstić information content (AvgIpc) is 2.98. The number of nitrogens with zero attached hydrogens (tertiary/aromatic N) is 1. The fourth-order valence-electron chi connectivity index (χ4n) is 2.04. The van der Waals surface area contributed by atoms with Crippen molar-refractivity contribution in [1.82, 2.24) is 4.90 Å². The maximum atomic E-state index is 12.1. The highest BCUT2D eigenvalue weighted by Crippen LogP contribution is 2.38. The molecule has 0 aromatic heterocycles. The summed E-state index contributed by atoms with van der Waals surface area (Å²) in [4.78, 5) is 14.0. The topological polar surface area (TPSA) is 29.5 Å². The molecule has 2 rings (SSSR count). The van der Waals surface area contributed by atoms with E-state index in [1.165, 1.54) is 12.8 Å². The number of thioether (sulfide) groups is 1. The molecule has 1 heterocycles. The van der Waals surface area contributed by atoms with Crippen LogP contribution in [0.15, 0.2) is 0 Å². The summed E-state index contributed by atoms with van der Waals surface area (Å²) in [7, 11) is 0. The monoisotopic (exact) mass is 243 g/mol. The normalized spacial score (nSPS) is 26.7. The van der Waals surface area contributed by atoms with E-state index in [0.717, 1.165) is 24.0 Å². The molecule has 0 spiro atoms. The maximum absolute atomic E-state index is 12.1. The van der Waals surface area contributed by atoms with Crippen molar-refractivity contribution in [2.24, 2.45) is 5.92 Å². The predicted octanol–water partition coefficient (Wildman–Crippen LogP) is 2.75. The van der Waals surface area contributed by atoms with Crippen LogP contribution >= 0.6 is 11.8 Å². The lowest BCUT2D eigenvalue weighted by Crippen LogP contribution is -2.49. The van der Waals surface area contributed by atoms with Gasteiger partial charge in [-0.1, -0.05) is 0 Å². The number of rotatable bonds is 1. The molecule has 16 heavy (non-hydrogen) atoms. The highest BCUT2D eigenvalue weighted by Gasteiger charge is 2.40. The fourth-order valence-corrected chi connectivity index (χ4v) is 3.23. The van der Waals surface area contributed by atoms with Gasteiger partial charge in [-0.05, 0) is 39.5 Å². The van der Waals surface area contributed by atoms with Gasteiger partial charge in [-0.15, -0.1) is 0 Å². The van der Waals surface area contributed by atoms with Crippen molar-refractivity contribution in [2.45, 2.75) is 45.3 Å². The van der Waals surface area contributed by atoms with Crippen molar-refractivity contribution in [3.05, 3.63) is 0 Å². The molecule has 0 radical (unpaired) electrons. The Hall–Kier alpha value is -0.380. The van der Waals surface area contributed by atoms with Gasteiger partial charge >= 0.3 is 6.09 Å². The Balaban J connectivity index is 1.96. The van der Waals surface area contributed by atoms with E-state index in [0.29, 0.717) is 6.04 Å². The third-order valence-electron chi connectivity index (χ3n) is 2.96. The zero-order valence-corrected chi connectivity index (χ0v) is 11.2. The Labute approximate surface area is 102 Å². The molecular formula is C12H21NO2S. The summed E-state index contributed by atoms with van der Waals surface area (Å²) in [5, 5.41) is 0. The van der Waals surface area contributed by atoms with Crippen LogP contribution in [-0.4, -0.2) is 40.7 Å². The molecule has 0 bridgehead atoms. The van der Waals surface area contributed by atoms with E-state index < -0.39 is 0 Å². The SMILES string of the molecule is CC(C)(C)OC(=O)N1CCSC[C@H]1C1CC1. The van der Waals surface area contributed by atoms with Gasteiger partial charge in [-0.2, -0.15) is 11.8 Å². The van der Waals surface area contributed by atoms with Gasteiger partial charge in [-0.3, -0.25) is 0 Å². The van der Waals surface area contributed by atoms with Crippen LogP contribution in [-0.2, 0) is 4.74 Å². The van der Waals surface area contributed by atoms with E-state index in [-0.39, 0.29) is 11.7 Å². The first-order chi connectivity index (χ1) is 7.47. The number of hydrogen-bond acceptors (Lipinski definition) is 3. The second-order valence-corrected chi connectivity index (χ2v) is 6.80.